The van der Waals surface area contributed by atoms with Gasteiger partial charge in [0.05, 0.1) is 6.42 Å². The fourth-order valence-corrected chi connectivity index (χ4v) is 2.69. The molecule has 0 radical (unpaired) electrons. The van der Waals surface area contributed by atoms with Crippen LogP contribution in [0.15, 0.2) is 48.5 Å². The van der Waals surface area contributed by atoms with Crippen LogP contribution in [0.5, 0.6) is 11.5 Å². The van der Waals surface area contributed by atoms with E-state index < -0.39 is 18.0 Å². The maximum Gasteiger partial charge on any atom is 0.307 e. The Labute approximate surface area is 156 Å². The lowest BCUT2D eigenvalue weighted by Gasteiger charge is -2.18. The van der Waals surface area contributed by atoms with Crippen LogP contribution in [-0.4, -0.2) is 30.9 Å². The molecule has 0 saturated heterocycles. The normalized spacial score (nSPS) is 13.5. The number of rotatable bonds is 7. The Balaban J connectivity index is 1.58. The van der Waals surface area contributed by atoms with E-state index in [-0.39, 0.29) is 18.6 Å². The summed E-state index contributed by atoms with van der Waals surface area (Å²) in [5.74, 6) is -0.586. The Morgan fingerprint density at radius 3 is 2.37 bits per heavy atom. The van der Waals surface area contributed by atoms with Gasteiger partial charge in [0.1, 0.15) is 13.2 Å². The van der Waals surface area contributed by atoms with Crippen molar-refractivity contribution in [1.29, 1.82) is 0 Å². The molecule has 27 heavy (non-hydrogen) atoms. The van der Waals surface area contributed by atoms with E-state index in [0.29, 0.717) is 35.8 Å². The van der Waals surface area contributed by atoms with Crippen LogP contribution in [-0.2, 0) is 14.3 Å². The molecule has 0 bridgehead atoms. The maximum atomic E-state index is 12.3. The predicted octanol–water partition coefficient (Wildman–Crippen LogP) is 2.19. The van der Waals surface area contributed by atoms with Gasteiger partial charge in [0.15, 0.2) is 17.3 Å². The van der Waals surface area contributed by atoms with Crippen molar-refractivity contribution in [3.63, 3.8) is 0 Å². The summed E-state index contributed by atoms with van der Waals surface area (Å²) in [6, 6.07) is 13.4. The number of Topliss-reactive ketones (excluding diaryl/α,β-unsaturated/α-hetero) is 1. The van der Waals surface area contributed by atoms with Crippen molar-refractivity contribution in [1.82, 2.24) is 0 Å². The number of primary amides is 1. The van der Waals surface area contributed by atoms with Gasteiger partial charge in [-0.05, 0) is 18.2 Å². The minimum Gasteiger partial charge on any atom is -0.486 e. The van der Waals surface area contributed by atoms with Crippen LogP contribution in [0, 0.1) is 0 Å². The summed E-state index contributed by atoms with van der Waals surface area (Å²) < 4.78 is 16.0. The monoisotopic (exact) mass is 369 g/mol. The van der Waals surface area contributed by atoms with Gasteiger partial charge in [0.25, 0.3) is 5.91 Å². The molecule has 2 aromatic rings. The highest BCUT2D eigenvalue weighted by Crippen LogP contribution is 2.31. The van der Waals surface area contributed by atoms with Crippen molar-refractivity contribution in [2.75, 3.05) is 13.2 Å². The number of ether oxygens (including phenoxy) is 3. The van der Waals surface area contributed by atoms with E-state index in [1.807, 2.05) is 0 Å². The van der Waals surface area contributed by atoms with Gasteiger partial charge in [-0.25, -0.2) is 0 Å². The number of fused-ring (bicyclic) bond motifs is 1. The molecular weight excluding hydrogens is 350 g/mol. The molecule has 1 heterocycles. The number of hydrogen-bond acceptors (Lipinski definition) is 6. The summed E-state index contributed by atoms with van der Waals surface area (Å²) in [5.41, 5.74) is 6.22. The number of carbonyl (C=O) groups excluding carboxylic acids is 3. The Hall–Kier alpha value is -3.35. The van der Waals surface area contributed by atoms with E-state index in [1.165, 1.54) is 0 Å². The van der Waals surface area contributed by atoms with E-state index in [1.54, 1.807) is 48.5 Å². The summed E-state index contributed by atoms with van der Waals surface area (Å²) in [6.07, 6.45) is -1.40. The first-order chi connectivity index (χ1) is 13.0. The van der Waals surface area contributed by atoms with E-state index in [0.717, 1.165) is 0 Å². The fourth-order valence-electron chi connectivity index (χ4n) is 2.69. The quantitative estimate of drug-likeness (QED) is 0.592. The summed E-state index contributed by atoms with van der Waals surface area (Å²) in [7, 11) is 0. The number of ketones is 1. The number of esters is 1. The first-order valence-corrected chi connectivity index (χ1v) is 8.51. The predicted molar refractivity (Wildman–Crippen MR) is 95.5 cm³/mol. The number of benzene rings is 2. The molecule has 7 nitrogen and oxygen atoms in total. The zero-order valence-electron chi connectivity index (χ0n) is 14.6. The van der Waals surface area contributed by atoms with E-state index in [4.69, 9.17) is 19.9 Å². The van der Waals surface area contributed by atoms with Crippen LogP contribution < -0.4 is 15.2 Å². The van der Waals surface area contributed by atoms with Gasteiger partial charge in [-0.2, -0.15) is 0 Å². The highest BCUT2D eigenvalue weighted by atomic mass is 16.6. The molecule has 1 unspecified atom stereocenters. The zero-order chi connectivity index (χ0) is 19.2. The van der Waals surface area contributed by atoms with Crippen LogP contribution >= 0.6 is 0 Å². The van der Waals surface area contributed by atoms with Crippen molar-refractivity contribution in [3.8, 4) is 11.5 Å². The van der Waals surface area contributed by atoms with Gasteiger partial charge in [-0.1, -0.05) is 30.3 Å². The SMILES string of the molecule is NC(=O)C(OC(=O)CCC(=O)c1ccc2c(c1)OCCO2)c1ccccc1. The zero-order valence-corrected chi connectivity index (χ0v) is 14.6. The lowest BCUT2D eigenvalue weighted by Crippen LogP contribution is -2.26. The molecule has 0 aliphatic carbocycles. The second-order valence-electron chi connectivity index (χ2n) is 5.96. The summed E-state index contributed by atoms with van der Waals surface area (Å²) >= 11 is 0. The molecule has 0 spiro atoms. The summed E-state index contributed by atoms with van der Waals surface area (Å²) in [6.45, 7) is 0.888. The molecule has 2 aromatic carbocycles. The van der Waals surface area contributed by atoms with Gasteiger partial charge < -0.3 is 19.9 Å². The number of amides is 1. The van der Waals surface area contributed by atoms with Gasteiger partial charge >= 0.3 is 5.97 Å². The second-order valence-corrected chi connectivity index (χ2v) is 5.96. The van der Waals surface area contributed by atoms with Gasteiger partial charge in [0, 0.05) is 17.5 Å². The smallest absolute Gasteiger partial charge is 0.307 e. The molecule has 0 aromatic heterocycles. The van der Waals surface area contributed by atoms with Crippen molar-refractivity contribution in [3.05, 3.63) is 59.7 Å². The third kappa shape index (κ3) is 4.63. The average molecular weight is 369 g/mol. The number of hydrogen-bond donors (Lipinski definition) is 1. The molecule has 1 aliphatic heterocycles. The molecular formula is C20H19NO6. The Morgan fingerprint density at radius 2 is 1.67 bits per heavy atom. The molecule has 140 valence electrons. The highest BCUT2D eigenvalue weighted by Gasteiger charge is 2.23. The van der Waals surface area contributed by atoms with Gasteiger partial charge in [-0.15, -0.1) is 0 Å². The molecule has 1 amide bonds. The largest absolute Gasteiger partial charge is 0.486 e. The topological polar surface area (TPSA) is 105 Å². The number of carbonyl (C=O) groups is 3. The minimum atomic E-state index is -1.18. The van der Waals surface area contributed by atoms with Crippen LogP contribution in [0.4, 0.5) is 0 Å². The molecule has 1 atom stereocenters. The van der Waals surface area contributed by atoms with Crippen LogP contribution in [0.3, 0.4) is 0 Å². The van der Waals surface area contributed by atoms with Crippen LogP contribution in [0.25, 0.3) is 0 Å². The third-order valence-corrected chi connectivity index (χ3v) is 4.03. The van der Waals surface area contributed by atoms with Gasteiger partial charge in [0.2, 0.25) is 6.10 Å². The van der Waals surface area contributed by atoms with E-state index in [9.17, 15) is 14.4 Å². The summed E-state index contributed by atoms with van der Waals surface area (Å²) in [4.78, 5) is 36.0. The fraction of sp³-hybridized carbons (Fsp3) is 0.250. The van der Waals surface area contributed by atoms with Crippen molar-refractivity contribution >= 4 is 17.7 Å². The first-order valence-electron chi connectivity index (χ1n) is 8.51. The molecule has 2 N–H and O–H groups in total. The molecule has 7 heteroatoms. The molecule has 1 aliphatic rings. The third-order valence-electron chi connectivity index (χ3n) is 4.03. The van der Waals surface area contributed by atoms with Crippen LogP contribution in [0.2, 0.25) is 0 Å². The first kappa shape index (κ1) is 18.4. The van der Waals surface area contributed by atoms with E-state index >= 15 is 0 Å². The minimum absolute atomic E-state index is 0.0568. The second kappa shape index (κ2) is 8.35. The van der Waals surface area contributed by atoms with Crippen molar-refractivity contribution < 1.29 is 28.6 Å². The Morgan fingerprint density at radius 1 is 0.963 bits per heavy atom. The maximum absolute atomic E-state index is 12.3. The lowest BCUT2D eigenvalue weighted by molar-refractivity contribution is -0.155. The van der Waals surface area contributed by atoms with Crippen molar-refractivity contribution in [2.24, 2.45) is 5.73 Å². The standard InChI is InChI=1S/C20H19NO6/c21-20(24)19(13-4-2-1-3-5-13)27-18(23)9-7-15(22)14-6-8-16-17(12-14)26-11-10-25-16/h1-6,8,12,19H,7,9-11H2,(H2,21,24). The highest BCUT2D eigenvalue weighted by molar-refractivity contribution is 5.98. The van der Waals surface area contributed by atoms with Crippen molar-refractivity contribution in [2.45, 2.75) is 18.9 Å². The van der Waals surface area contributed by atoms with Crippen LogP contribution in [0.1, 0.15) is 34.9 Å². The lowest BCUT2D eigenvalue weighted by atomic mass is 10.1. The molecule has 0 saturated carbocycles. The average Bonchev–Trinajstić information content (AvgIpc) is 2.70. The Bertz CT molecular complexity index is 849. The van der Waals surface area contributed by atoms with Gasteiger partial charge in [-0.3, -0.25) is 14.4 Å². The summed E-state index contributed by atoms with van der Waals surface area (Å²) in [5, 5.41) is 0. The Kier molecular flexibility index (Phi) is 5.71. The number of nitrogens with two attached hydrogens (primary N) is 1. The van der Waals surface area contributed by atoms with E-state index in [2.05, 4.69) is 0 Å². The molecule has 0 fully saturated rings. The molecule has 3 rings (SSSR count).